The van der Waals surface area contributed by atoms with Crippen LogP contribution < -0.4 is 16.0 Å². The molecule has 1 aliphatic heterocycles. The van der Waals surface area contributed by atoms with Crippen molar-refractivity contribution in [3.05, 3.63) is 70.8 Å². The van der Waals surface area contributed by atoms with Gasteiger partial charge in [-0.2, -0.15) is 0 Å². The van der Waals surface area contributed by atoms with Crippen molar-refractivity contribution < 1.29 is 9.59 Å². The average molecular weight is 367 g/mol. The zero-order chi connectivity index (χ0) is 19.6. The highest BCUT2D eigenvalue weighted by Gasteiger charge is 2.20. The van der Waals surface area contributed by atoms with Gasteiger partial charge in [0.1, 0.15) is 0 Å². The molecule has 0 aromatic heterocycles. The second-order valence-corrected chi connectivity index (χ2v) is 6.68. The molecule has 1 saturated heterocycles. The van der Waals surface area contributed by atoms with Gasteiger partial charge in [-0.15, -0.1) is 0 Å². The van der Waals surface area contributed by atoms with E-state index in [0.717, 1.165) is 31.5 Å². The normalized spacial score (nSPS) is 15.9. The fraction of sp³-hybridized carbons (Fsp3) is 0.364. The summed E-state index contributed by atoms with van der Waals surface area (Å²) in [6.45, 7) is 5.34. The molecule has 1 fully saturated rings. The second-order valence-electron chi connectivity index (χ2n) is 6.68. The van der Waals surface area contributed by atoms with E-state index in [2.05, 4.69) is 41.1 Å². The zero-order valence-corrected chi connectivity index (χ0v) is 16.3. The molecule has 1 aliphatic rings. The van der Waals surface area contributed by atoms with Gasteiger partial charge in [0.05, 0.1) is 6.04 Å². The number of allylic oxidation sites excluding steroid dienone is 3. The zero-order valence-electron chi connectivity index (χ0n) is 16.3. The van der Waals surface area contributed by atoms with Crippen molar-refractivity contribution in [1.82, 2.24) is 16.0 Å². The Labute approximate surface area is 161 Å². The van der Waals surface area contributed by atoms with Gasteiger partial charge < -0.3 is 16.0 Å². The minimum absolute atomic E-state index is 0.141. The van der Waals surface area contributed by atoms with E-state index >= 15 is 0 Å². The number of likely N-dealkylation sites (N-methyl/N-ethyl adjacent to an activating group) is 1. The molecule has 2 amide bonds. The number of nitrogens with one attached hydrogen (secondary N) is 3. The van der Waals surface area contributed by atoms with Crippen molar-refractivity contribution in [2.45, 2.75) is 32.7 Å². The summed E-state index contributed by atoms with van der Waals surface area (Å²) in [4.78, 5) is 24.7. The molecular weight excluding hydrogens is 338 g/mol. The Bertz CT molecular complexity index is 744. The van der Waals surface area contributed by atoms with Crippen molar-refractivity contribution in [3.63, 3.8) is 0 Å². The van der Waals surface area contributed by atoms with Crippen LogP contribution in [-0.2, 0) is 16.0 Å². The van der Waals surface area contributed by atoms with Crippen LogP contribution in [0.25, 0.3) is 0 Å². The lowest BCUT2D eigenvalue weighted by Crippen LogP contribution is -2.57. The van der Waals surface area contributed by atoms with Crippen LogP contribution >= 0.6 is 0 Å². The molecule has 1 aromatic rings. The summed E-state index contributed by atoms with van der Waals surface area (Å²) in [5.74, 6) is -0.345. The number of hydrogen-bond acceptors (Lipinski definition) is 3. The highest BCUT2D eigenvalue weighted by molar-refractivity contribution is 6.00. The summed E-state index contributed by atoms with van der Waals surface area (Å²) in [6, 6.07) is 10.3. The molecule has 3 N–H and O–H groups in total. The predicted molar refractivity (Wildman–Crippen MR) is 109 cm³/mol. The maximum Gasteiger partial charge on any atom is 0.251 e. The molecular formula is C22H29N3O2. The van der Waals surface area contributed by atoms with Crippen LogP contribution in [0.2, 0.25) is 0 Å². The summed E-state index contributed by atoms with van der Waals surface area (Å²) in [6.07, 6.45) is 7.29. The van der Waals surface area contributed by atoms with Crippen LogP contribution in [0.5, 0.6) is 0 Å². The number of carbonyl (C=O) groups excluding carboxylic acids is 2. The third kappa shape index (κ3) is 6.53. The van der Waals surface area contributed by atoms with Crippen molar-refractivity contribution in [2.75, 3.05) is 20.1 Å². The molecule has 5 nitrogen and oxygen atoms in total. The third-order valence-electron chi connectivity index (χ3n) is 4.39. The molecule has 2 rings (SSSR count). The summed E-state index contributed by atoms with van der Waals surface area (Å²) in [7, 11) is 1.58. The fourth-order valence-corrected chi connectivity index (χ4v) is 2.80. The molecule has 27 heavy (non-hydrogen) atoms. The van der Waals surface area contributed by atoms with Gasteiger partial charge in [-0.3, -0.25) is 9.59 Å². The molecule has 5 heteroatoms. The van der Waals surface area contributed by atoms with Crippen LogP contribution in [0.15, 0.2) is 65.3 Å². The van der Waals surface area contributed by atoms with E-state index in [1.165, 1.54) is 5.56 Å². The van der Waals surface area contributed by atoms with Gasteiger partial charge in [0.2, 0.25) is 5.91 Å². The van der Waals surface area contributed by atoms with Crippen LogP contribution in [-0.4, -0.2) is 38.0 Å². The van der Waals surface area contributed by atoms with Gasteiger partial charge in [0.25, 0.3) is 5.91 Å². The molecule has 0 aliphatic carbocycles. The lowest BCUT2D eigenvalue weighted by molar-refractivity contribution is -0.118. The summed E-state index contributed by atoms with van der Waals surface area (Å²) in [5, 5.41) is 8.76. The second kappa shape index (κ2) is 10.5. The first-order valence-electron chi connectivity index (χ1n) is 9.40. The maximum atomic E-state index is 12.8. The highest BCUT2D eigenvalue weighted by atomic mass is 16.2. The number of rotatable bonds is 8. The SMILES string of the molecule is CC/C=C(/C=C(\C=C(/C)C(=O)NC)C(=O)NC1CNC1)Cc1ccccc1. The van der Waals surface area contributed by atoms with E-state index in [1.807, 2.05) is 24.3 Å². The Morgan fingerprint density at radius 1 is 1.15 bits per heavy atom. The van der Waals surface area contributed by atoms with Crippen LogP contribution in [0.4, 0.5) is 0 Å². The molecule has 0 spiro atoms. The first kappa shape index (κ1) is 20.6. The smallest absolute Gasteiger partial charge is 0.251 e. The molecule has 1 heterocycles. The number of benzene rings is 1. The summed E-state index contributed by atoms with van der Waals surface area (Å²) < 4.78 is 0. The molecule has 144 valence electrons. The van der Waals surface area contributed by atoms with E-state index in [-0.39, 0.29) is 17.9 Å². The number of carbonyl (C=O) groups is 2. The van der Waals surface area contributed by atoms with E-state index < -0.39 is 0 Å². The molecule has 0 bridgehead atoms. The van der Waals surface area contributed by atoms with E-state index in [9.17, 15) is 9.59 Å². The van der Waals surface area contributed by atoms with E-state index in [1.54, 1.807) is 20.0 Å². The maximum absolute atomic E-state index is 12.8. The number of hydrogen-bond donors (Lipinski definition) is 3. The lowest BCUT2D eigenvalue weighted by Gasteiger charge is -2.28. The van der Waals surface area contributed by atoms with Crippen LogP contribution in [0, 0.1) is 0 Å². The van der Waals surface area contributed by atoms with Crippen molar-refractivity contribution in [1.29, 1.82) is 0 Å². The molecule has 0 unspecified atom stereocenters. The Hall–Kier alpha value is -2.66. The van der Waals surface area contributed by atoms with Crippen LogP contribution in [0.1, 0.15) is 25.8 Å². The van der Waals surface area contributed by atoms with E-state index in [0.29, 0.717) is 11.1 Å². The van der Waals surface area contributed by atoms with Crippen molar-refractivity contribution >= 4 is 11.8 Å². The van der Waals surface area contributed by atoms with Gasteiger partial charge in [-0.25, -0.2) is 0 Å². The van der Waals surface area contributed by atoms with Gasteiger partial charge in [-0.05, 0) is 43.1 Å². The van der Waals surface area contributed by atoms with Gasteiger partial charge in [-0.1, -0.05) is 43.3 Å². The van der Waals surface area contributed by atoms with Crippen molar-refractivity contribution in [3.8, 4) is 0 Å². The Balaban J connectivity index is 2.30. The van der Waals surface area contributed by atoms with Gasteiger partial charge in [0, 0.05) is 31.3 Å². The summed E-state index contributed by atoms with van der Waals surface area (Å²) >= 11 is 0. The minimum atomic E-state index is -0.192. The Morgan fingerprint density at radius 2 is 1.85 bits per heavy atom. The van der Waals surface area contributed by atoms with Crippen molar-refractivity contribution in [2.24, 2.45) is 0 Å². The Morgan fingerprint density at radius 3 is 2.41 bits per heavy atom. The lowest BCUT2D eigenvalue weighted by atomic mass is 10.00. The van der Waals surface area contributed by atoms with E-state index in [4.69, 9.17) is 0 Å². The monoisotopic (exact) mass is 367 g/mol. The largest absolute Gasteiger partial charge is 0.355 e. The highest BCUT2D eigenvalue weighted by Crippen LogP contribution is 2.15. The first-order valence-corrected chi connectivity index (χ1v) is 9.40. The molecule has 0 saturated carbocycles. The average Bonchev–Trinajstić information content (AvgIpc) is 2.64. The third-order valence-corrected chi connectivity index (χ3v) is 4.39. The minimum Gasteiger partial charge on any atom is -0.355 e. The predicted octanol–water partition coefficient (Wildman–Crippen LogP) is 2.27. The molecule has 0 radical (unpaired) electrons. The van der Waals surface area contributed by atoms with Gasteiger partial charge in [0.15, 0.2) is 0 Å². The number of amides is 2. The van der Waals surface area contributed by atoms with Gasteiger partial charge >= 0.3 is 0 Å². The quantitative estimate of drug-likeness (QED) is 0.488. The fourth-order valence-electron chi connectivity index (χ4n) is 2.80. The van der Waals surface area contributed by atoms with Crippen LogP contribution in [0.3, 0.4) is 0 Å². The molecule has 1 aromatic carbocycles. The Kier molecular flexibility index (Phi) is 8.01. The molecule has 0 atom stereocenters. The summed E-state index contributed by atoms with van der Waals surface area (Å²) in [5.41, 5.74) is 3.24. The standard InChI is InChI=1S/C22H29N3O2/c1-4-8-18(12-17-9-6-5-7-10-17)13-19(11-16(2)21(26)23-3)22(27)25-20-14-24-15-20/h5-11,13,20,24H,4,12,14-15H2,1-3H3,(H,23,26)(H,25,27)/b16-11+,18-8+,19-13+. The first-order chi connectivity index (χ1) is 13.0. The topological polar surface area (TPSA) is 70.2 Å².